The van der Waals surface area contributed by atoms with Gasteiger partial charge in [0.15, 0.2) is 43.2 Å². The lowest BCUT2D eigenvalue weighted by molar-refractivity contribution is -0.335. The van der Waals surface area contributed by atoms with Crippen LogP contribution in [0.15, 0.2) is 31.3 Å². The van der Waals surface area contributed by atoms with Crippen LogP contribution in [0.4, 0.5) is 0 Å². The van der Waals surface area contributed by atoms with E-state index in [2.05, 4.69) is 36.6 Å². The van der Waals surface area contributed by atoms with E-state index in [0.29, 0.717) is 25.7 Å². The third-order valence-corrected chi connectivity index (χ3v) is 26.1. The molecule has 0 aromatic carbocycles. The second kappa shape index (κ2) is 54.7. The summed E-state index contributed by atoms with van der Waals surface area (Å²) in [4.78, 5) is 196. The Labute approximate surface area is 790 Å². The second-order valence-electron chi connectivity index (χ2n) is 36.2. The summed E-state index contributed by atoms with van der Waals surface area (Å²) in [5.41, 5.74) is 6.44. The van der Waals surface area contributed by atoms with Crippen molar-refractivity contribution in [1.29, 1.82) is 0 Å². The Hall–Kier alpha value is -8.38. The third kappa shape index (κ3) is 32.1. The zero-order chi connectivity index (χ0) is 100. The number of amides is 5. The molecule has 51 heteroatoms. The number of carbonyl (C=O) groups excluding carboxylic acids is 8. The number of Topliss-reactive ketones (excluding diaryl/α,β-unsaturated/α-hetero) is 3. The first-order valence-corrected chi connectivity index (χ1v) is 47.1. The zero-order valence-electron chi connectivity index (χ0n) is 76.8. The van der Waals surface area contributed by atoms with Crippen LogP contribution in [-0.4, -0.2) is 397 Å². The number of aromatic nitrogens is 4. The lowest BCUT2D eigenvalue weighted by atomic mass is 9.78. The number of hydrogen-bond donors (Lipinski definition) is 23. The first-order valence-electron chi connectivity index (χ1n) is 47.1. The summed E-state index contributed by atoms with van der Waals surface area (Å²) in [7, 11) is 0. The predicted octanol–water partition coefficient (Wildman–Crippen LogP) is -7.76. The number of nitrogens with two attached hydrogens (primary N) is 2. The summed E-state index contributed by atoms with van der Waals surface area (Å²) in [5, 5.41) is 146. The Morgan fingerprint density at radius 3 is 1.22 bits per heavy atom. The molecule has 30 atom stereocenters. The van der Waals surface area contributed by atoms with Gasteiger partial charge >= 0.3 is 23.3 Å². The monoisotopic (exact) mass is 1970 g/mol. The number of aromatic amines is 4. The number of H-pyrrole nitrogens is 4. The molecule has 5 amide bonds. The van der Waals surface area contributed by atoms with E-state index in [1.807, 2.05) is 9.97 Å². The lowest BCUT2D eigenvalue weighted by Gasteiger charge is -2.49. The van der Waals surface area contributed by atoms with Gasteiger partial charge in [-0.15, -0.1) is 0 Å². The van der Waals surface area contributed by atoms with Gasteiger partial charge < -0.3 is 176 Å². The van der Waals surface area contributed by atoms with Crippen molar-refractivity contribution < 1.29 is 176 Å². The Kier molecular flexibility index (Phi) is 44.3. The minimum absolute atomic E-state index is 0.0121. The van der Waals surface area contributed by atoms with Crippen molar-refractivity contribution in [3.63, 3.8) is 0 Å². The van der Waals surface area contributed by atoms with Crippen LogP contribution < -0.4 is 60.5 Å². The van der Waals surface area contributed by atoms with Crippen LogP contribution in [0.5, 0.6) is 0 Å². The molecule has 51 nitrogen and oxygen atoms in total. The smallest absolute Gasteiger partial charge is 0.332 e. The number of aliphatic hydroxyl groups excluding tert-OH is 10. The number of ether oxygens (including phenoxy) is 14. The summed E-state index contributed by atoms with van der Waals surface area (Å²) < 4.78 is 85.0. The van der Waals surface area contributed by atoms with E-state index in [4.69, 9.17) is 77.8 Å². The fourth-order valence-corrected chi connectivity index (χ4v) is 18.6. The third-order valence-electron chi connectivity index (χ3n) is 26.1. The van der Waals surface area contributed by atoms with Crippen LogP contribution in [-0.2, 0) is 105 Å². The molecule has 8 fully saturated rings. The number of aliphatic hydroxyl groups is 10. The summed E-state index contributed by atoms with van der Waals surface area (Å²) in [6.07, 6.45) is -35.9. The van der Waals surface area contributed by atoms with Crippen LogP contribution in [0.25, 0.3) is 0 Å². The van der Waals surface area contributed by atoms with Crippen molar-refractivity contribution in [3.05, 3.63) is 65.2 Å². The maximum Gasteiger partial charge on any atom is 0.332 e. The predicted molar refractivity (Wildman–Crippen MR) is 467 cm³/mol. The maximum atomic E-state index is 14.3. The van der Waals surface area contributed by atoms with E-state index < -0.39 is 322 Å². The quantitative estimate of drug-likeness (QED) is 0.0274. The average Bonchev–Trinajstić information content (AvgIpc) is 0.771. The van der Waals surface area contributed by atoms with Crippen molar-refractivity contribution in [3.8, 4) is 0 Å². The molecule has 4 aliphatic carbocycles. The van der Waals surface area contributed by atoms with Crippen molar-refractivity contribution in [2.75, 3.05) is 85.7 Å². The highest BCUT2D eigenvalue weighted by Gasteiger charge is 2.57. The van der Waals surface area contributed by atoms with Gasteiger partial charge in [-0.25, -0.2) is 19.2 Å². The molecule has 138 heavy (non-hydrogen) atoms. The first-order chi connectivity index (χ1) is 66.0. The van der Waals surface area contributed by atoms with Crippen LogP contribution in [0.2, 0.25) is 0 Å². The van der Waals surface area contributed by atoms with E-state index in [9.17, 15) is 128 Å². The number of carbonyl (C=O) groups is 10. The molecule has 2 aromatic heterocycles. The molecule has 4 saturated carbocycles. The molecule has 6 heterocycles. The normalized spacial score (nSPS) is 32.6. The molecule has 4 saturated heterocycles. The fraction of sp³-hybridized carbons (Fsp3) is 0.793. The summed E-state index contributed by atoms with van der Waals surface area (Å²) in [6, 6.07) is -4.84. The zero-order valence-corrected chi connectivity index (χ0v) is 76.8. The highest BCUT2D eigenvalue weighted by atomic mass is 16.8. The first kappa shape index (κ1) is 112. The molecule has 25 N–H and O–H groups in total. The van der Waals surface area contributed by atoms with Crippen molar-refractivity contribution >= 4 is 58.8 Å². The van der Waals surface area contributed by atoms with E-state index in [-0.39, 0.29) is 129 Å². The maximum absolute atomic E-state index is 14.3. The number of carboxylic acids is 2. The van der Waals surface area contributed by atoms with Gasteiger partial charge in [-0.3, -0.25) is 57.9 Å². The number of nitrogens with one attached hydrogen (secondary N) is 9. The molecule has 0 spiro atoms. The van der Waals surface area contributed by atoms with Gasteiger partial charge in [0.25, 0.3) is 22.9 Å². The Balaban J connectivity index is 0.738. The van der Waals surface area contributed by atoms with Crippen molar-refractivity contribution in [1.82, 2.24) is 46.5 Å². The highest BCUT2D eigenvalue weighted by Crippen LogP contribution is 2.41. The van der Waals surface area contributed by atoms with Gasteiger partial charge in [-0.05, 0) is 90.1 Å². The van der Waals surface area contributed by atoms with E-state index in [1.165, 1.54) is 13.8 Å². The van der Waals surface area contributed by atoms with Gasteiger partial charge in [0, 0.05) is 49.7 Å². The van der Waals surface area contributed by atoms with E-state index in [0.717, 1.165) is 50.7 Å². The Morgan fingerprint density at radius 2 is 0.833 bits per heavy atom. The minimum atomic E-state index is -1.99. The molecule has 10 rings (SSSR count). The van der Waals surface area contributed by atoms with E-state index in [1.54, 1.807) is 0 Å². The lowest BCUT2D eigenvalue weighted by Crippen LogP contribution is -2.68. The topological polar surface area (TPSA) is 786 Å². The summed E-state index contributed by atoms with van der Waals surface area (Å²) in [5.74, 6) is -11.6. The van der Waals surface area contributed by atoms with Gasteiger partial charge in [0.1, 0.15) is 134 Å². The molecule has 2 aromatic rings. The van der Waals surface area contributed by atoms with Crippen LogP contribution in [0.1, 0.15) is 176 Å². The second-order valence-corrected chi connectivity index (χ2v) is 36.2. The fourth-order valence-electron chi connectivity index (χ4n) is 18.6. The Bertz CT molecular complexity index is 4190. The van der Waals surface area contributed by atoms with Crippen molar-refractivity contribution in [2.24, 2.45) is 35.1 Å². The standard InChI is InChI=1S/C87H135N11O40/c1-40-66(109)70(113)72(115)84(129-40)137-74-47(91-78(117)49-33-60(105)97-86(123)93-49)29-44(51(102)15-9-19-88)31-53(74)133-82-64(76(68(111)57(36-99)135-82)131-55(80(119)120)27-42-11-5-3-6-12-42)95-59(104)18-17-46(101)38-127-25-23-125-21-22-126-24-26-128-39-63(108)90-35-62(107)96-65-77(132-56(81(121)122)28-43-13-7-4-8-14-43)69(112)58(37-100)136-83(65)134-54-32-45(52(103)16-10-20-89)30-48(92-79(118)50-34-61(106)98-87(124)94-50)75(54)138-85-73(116)71(114)67(110)41(2)130-85/h33-34,40-45,47-48,53-58,64-77,82-85,99-100,109-116H,3-32,35-39,88-89H2,1-2H3,(H,90,108)(H,91,117)(H,92,118)(H,95,104)(H,96,107)(H,119,120)(H,121,122)(H2,93,97,105,123)(H2,94,98,106,124)/t40?,41?,44?,45?,47?,48?,53-,54-,55+,56+,57+,58+,64?,65?,66-,67-,68+,69+,70+,71+,72?,73?,74-,75-,76?,77?,82-,83-,84+,85+/m1/s1. The largest absolute Gasteiger partial charge is 0.479 e. The van der Waals surface area contributed by atoms with Gasteiger partial charge in [-0.1, -0.05) is 64.2 Å². The van der Waals surface area contributed by atoms with Crippen LogP contribution in [0.3, 0.4) is 0 Å². The van der Waals surface area contributed by atoms with E-state index >= 15 is 0 Å². The van der Waals surface area contributed by atoms with Crippen LogP contribution >= 0.6 is 0 Å². The molecule has 0 bridgehead atoms. The molecular formula is C87H135N11O40. The minimum Gasteiger partial charge on any atom is -0.479 e. The molecule has 0 radical (unpaired) electrons. The molecule has 12 unspecified atom stereocenters. The molecular weight excluding hydrogens is 1840 g/mol. The summed E-state index contributed by atoms with van der Waals surface area (Å²) in [6.45, 7) is -1.54. The highest BCUT2D eigenvalue weighted by molar-refractivity contribution is 5.93. The number of hydrogen-bond acceptors (Lipinski definition) is 40. The number of carboxylic acid groups (broad SMARTS) is 2. The van der Waals surface area contributed by atoms with Crippen LogP contribution in [0, 0.1) is 23.7 Å². The average molecular weight is 1980 g/mol. The molecule has 4 aliphatic heterocycles. The molecule has 8 aliphatic rings. The number of ketones is 3. The summed E-state index contributed by atoms with van der Waals surface area (Å²) >= 11 is 0. The number of rotatable bonds is 52. The van der Waals surface area contributed by atoms with Gasteiger partial charge in [0.2, 0.25) is 17.7 Å². The molecule has 778 valence electrons. The van der Waals surface area contributed by atoms with Crippen molar-refractivity contribution in [2.45, 2.75) is 327 Å². The van der Waals surface area contributed by atoms with Gasteiger partial charge in [0.05, 0.1) is 95.9 Å². The van der Waals surface area contributed by atoms with Gasteiger partial charge in [-0.2, -0.15) is 0 Å². The Morgan fingerprint density at radius 1 is 0.435 bits per heavy atom. The SMILES string of the molecule is CC1O[C@@H](O[C@@H]2C(NC(=O)c3cc(=O)[nH]c(=O)[nH]3)CC(C(=O)CCCN)C[C@H]2O[C@@H]2O[C@@H](CO)[C@H](O)C(O[C@@H](CC3CCCCC3)C(=O)O)C2NC(=O)CCC(=O)COCCOCCOCCOCC(=O)NCC(=O)NC2C(O[C@@H](CC3CCCCC3)C(=O)O)[C@@H](O)[C@H](CO)O[C@H]2O[C@@H]2CC(C(=O)CCCN)CC(NC(=O)c3cc(=O)[nH]c(=O)[nH]3)[C@H]2O[C@@H]2OC(C)[C@@H](O)[C@H](O)C2O)C(O)[C@@H](O)[C@@H]1O. The number of aliphatic carboxylic acids is 2.